The summed E-state index contributed by atoms with van der Waals surface area (Å²) in [5.74, 6) is -0.154. The molecule has 0 spiro atoms. The minimum absolute atomic E-state index is 0.154. The summed E-state index contributed by atoms with van der Waals surface area (Å²) in [6.07, 6.45) is 2.27. The summed E-state index contributed by atoms with van der Waals surface area (Å²) in [5.41, 5.74) is 2.23. The van der Waals surface area contributed by atoms with Crippen LogP contribution in [0.1, 0.15) is 25.3 Å². The third-order valence-electron chi connectivity index (χ3n) is 4.09. The second kappa shape index (κ2) is 7.04. The molecule has 1 aliphatic heterocycles. The number of likely N-dealkylation sites (N-methyl/N-ethyl adjacent to an activating group) is 1. The van der Waals surface area contributed by atoms with E-state index in [2.05, 4.69) is 29.1 Å². The van der Waals surface area contributed by atoms with Gasteiger partial charge in [-0.25, -0.2) is 4.39 Å². The molecule has 4 heteroatoms. The molecule has 1 N–H and O–H groups in total. The number of hydrogen-bond donors (Lipinski definition) is 1. The van der Waals surface area contributed by atoms with Crippen LogP contribution in [-0.2, 0) is 6.54 Å². The number of anilines is 1. The van der Waals surface area contributed by atoms with Crippen LogP contribution in [0.5, 0.6) is 0 Å². The Hall–Kier alpha value is -1.13. The smallest absolute Gasteiger partial charge is 0.123 e. The number of rotatable bonds is 4. The fourth-order valence-corrected chi connectivity index (χ4v) is 3.08. The third-order valence-corrected chi connectivity index (χ3v) is 4.09. The Balaban J connectivity index is 2.31. The monoisotopic (exact) mass is 279 g/mol. The molecule has 1 heterocycles. The van der Waals surface area contributed by atoms with Crippen molar-refractivity contribution in [3.8, 4) is 0 Å². The molecule has 2 rings (SSSR count). The van der Waals surface area contributed by atoms with Gasteiger partial charge in [-0.3, -0.25) is 0 Å². The summed E-state index contributed by atoms with van der Waals surface area (Å²) in [6, 6.07) is 5.68. The summed E-state index contributed by atoms with van der Waals surface area (Å²) < 4.78 is 13.5. The van der Waals surface area contributed by atoms with Gasteiger partial charge in [0.2, 0.25) is 0 Å². The molecular weight excluding hydrogens is 253 g/mol. The van der Waals surface area contributed by atoms with Gasteiger partial charge in [0.05, 0.1) is 0 Å². The summed E-state index contributed by atoms with van der Waals surface area (Å²) in [6.45, 7) is 6.20. The first-order chi connectivity index (χ1) is 9.65. The number of halogens is 1. The Morgan fingerprint density at radius 3 is 2.85 bits per heavy atom. The third kappa shape index (κ3) is 3.49. The van der Waals surface area contributed by atoms with Crippen molar-refractivity contribution >= 4 is 5.69 Å². The second-order valence-corrected chi connectivity index (χ2v) is 5.67. The highest BCUT2D eigenvalue weighted by Crippen LogP contribution is 2.26. The van der Waals surface area contributed by atoms with Crippen molar-refractivity contribution in [2.24, 2.45) is 0 Å². The zero-order valence-electron chi connectivity index (χ0n) is 12.8. The van der Waals surface area contributed by atoms with E-state index < -0.39 is 0 Å². The highest BCUT2D eigenvalue weighted by Gasteiger charge is 2.23. The van der Waals surface area contributed by atoms with Crippen molar-refractivity contribution in [3.05, 3.63) is 29.6 Å². The van der Waals surface area contributed by atoms with Gasteiger partial charge < -0.3 is 15.1 Å². The molecule has 1 atom stereocenters. The van der Waals surface area contributed by atoms with E-state index in [-0.39, 0.29) is 5.82 Å². The zero-order valence-corrected chi connectivity index (χ0v) is 12.8. The minimum Gasteiger partial charge on any atom is -0.367 e. The molecule has 0 aliphatic carbocycles. The predicted molar refractivity (Wildman–Crippen MR) is 82.7 cm³/mol. The fraction of sp³-hybridized carbons (Fsp3) is 0.625. The first-order valence-corrected chi connectivity index (χ1v) is 7.54. The van der Waals surface area contributed by atoms with Crippen LogP contribution in [-0.4, -0.2) is 44.7 Å². The Kier molecular flexibility index (Phi) is 5.38. The summed E-state index contributed by atoms with van der Waals surface area (Å²) in [7, 11) is 4.09. The van der Waals surface area contributed by atoms with Gasteiger partial charge in [0.1, 0.15) is 5.82 Å². The molecule has 20 heavy (non-hydrogen) atoms. The second-order valence-electron chi connectivity index (χ2n) is 5.67. The van der Waals surface area contributed by atoms with Crippen molar-refractivity contribution in [1.29, 1.82) is 0 Å². The molecule has 1 aromatic carbocycles. The van der Waals surface area contributed by atoms with Gasteiger partial charge in [0.25, 0.3) is 0 Å². The number of benzene rings is 1. The molecule has 0 radical (unpaired) electrons. The normalized spacial score (nSPS) is 21.0. The van der Waals surface area contributed by atoms with Crippen molar-refractivity contribution in [1.82, 2.24) is 10.2 Å². The molecule has 1 aliphatic rings. The maximum Gasteiger partial charge on any atom is 0.123 e. The number of nitrogens with one attached hydrogen (secondary N) is 1. The van der Waals surface area contributed by atoms with Crippen LogP contribution < -0.4 is 10.2 Å². The van der Waals surface area contributed by atoms with Gasteiger partial charge in [-0.05, 0) is 57.2 Å². The fourth-order valence-electron chi connectivity index (χ4n) is 3.08. The molecule has 1 aromatic rings. The van der Waals surface area contributed by atoms with Crippen LogP contribution in [0.25, 0.3) is 0 Å². The summed E-state index contributed by atoms with van der Waals surface area (Å²) >= 11 is 0. The predicted octanol–water partition coefficient (Wildman–Crippen LogP) is 2.47. The van der Waals surface area contributed by atoms with Gasteiger partial charge >= 0.3 is 0 Å². The van der Waals surface area contributed by atoms with Crippen LogP contribution in [0, 0.1) is 5.82 Å². The van der Waals surface area contributed by atoms with E-state index in [0.29, 0.717) is 12.6 Å². The van der Waals surface area contributed by atoms with Crippen LogP contribution in [0.15, 0.2) is 18.2 Å². The van der Waals surface area contributed by atoms with E-state index in [1.807, 2.05) is 13.1 Å². The minimum atomic E-state index is -0.154. The lowest BCUT2D eigenvalue weighted by Crippen LogP contribution is -2.40. The van der Waals surface area contributed by atoms with E-state index in [1.54, 1.807) is 12.1 Å². The Bertz CT molecular complexity index is 436. The van der Waals surface area contributed by atoms with E-state index >= 15 is 0 Å². The Morgan fingerprint density at radius 2 is 2.15 bits per heavy atom. The van der Waals surface area contributed by atoms with Crippen molar-refractivity contribution in [2.45, 2.75) is 32.4 Å². The molecule has 3 nitrogen and oxygen atoms in total. The highest BCUT2D eigenvalue weighted by molar-refractivity contribution is 5.55. The quantitative estimate of drug-likeness (QED) is 0.913. The molecular formula is C16H26FN3. The van der Waals surface area contributed by atoms with Gasteiger partial charge in [-0.1, -0.05) is 6.92 Å². The van der Waals surface area contributed by atoms with Crippen molar-refractivity contribution < 1.29 is 4.39 Å². The number of hydrogen-bond acceptors (Lipinski definition) is 3. The van der Waals surface area contributed by atoms with Crippen LogP contribution in [0.3, 0.4) is 0 Å². The molecule has 112 valence electrons. The van der Waals surface area contributed by atoms with E-state index in [4.69, 9.17) is 0 Å². The molecule has 0 saturated carbocycles. The van der Waals surface area contributed by atoms with Crippen LogP contribution in [0.4, 0.5) is 10.1 Å². The first-order valence-electron chi connectivity index (χ1n) is 7.54. The van der Waals surface area contributed by atoms with Gasteiger partial charge in [0.15, 0.2) is 0 Å². The molecule has 1 saturated heterocycles. The van der Waals surface area contributed by atoms with Crippen molar-refractivity contribution in [3.63, 3.8) is 0 Å². The standard InChI is InChI=1S/C16H26FN3/c1-4-15-12-19(3)8-5-9-20(15)16-7-6-14(17)10-13(16)11-18-2/h6-7,10,15,18H,4-5,8-9,11-12H2,1-3H3. The highest BCUT2D eigenvalue weighted by atomic mass is 19.1. The lowest BCUT2D eigenvalue weighted by Gasteiger charge is -2.33. The lowest BCUT2D eigenvalue weighted by molar-refractivity contribution is 0.328. The maximum absolute atomic E-state index is 13.5. The van der Waals surface area contributed by atoms with Gasteiger partial charge in [-0.2, -0.15) is 0 Å². The first kappa shape index (κ1) is 15.3. The topological polar surface area (TPSA) is 18.5 Å². The SMILES string of the molecule is CCC1CN(C)CCCN1c1ccc(F)cc1CNC. The van der Waals surface area contributed by atoms with Gasteiger partial charge in [0, 0.05) is 31.4 Å². The molecule has 0 aromatic heterocycles. The molecule has 0 amide bonds. The van der Waals surface area contributed by atoms with Gasteiger partial charge in [-0.15, -0.1) is 0 Å². The van der Waals surface area contributed by atoms with E-state index in [0.717, 1.165) is 38.0 Å². The summed E-state index contributed by atoms with van der Waals surface area (Å²) in [5, 5.41) is 3.14. The average Bonchev–Trinajstić information content (AvgIpc) is 2.61. The largest absolute Gasteiger partial charge is 0.367 e. The Morgan fingerprint density at radius 1 is 1.35 bits per heavy atom. The molecule has 1 fully saturated rings. The molecule has 0 bridgehead atoms. The zero-order chi connectivity index (χ0) is 14.5. The van der Waals surface area contributed by atoms with Crippen LogP contribution >= 0.6 is 0 Å². The summed E-state index contributed by atoms with van der Waals surface area (Å²) in [4.78, 5) is 4.87. The Labute approximate surface area is 121 Å². The van der Waals surface area contributed by atoms with Crippen LogP contribution in [0.2, 0.25) is 0 Å². The van der Waals surface area contributed by atoms with Crippen molar-refractivity contribution in [2.75, 3.05) is 38.6 Å². The maximum atomic E-state index is 13.5. The van der Waals surface area contributed by atoms with E-state index in [1.165, 1.54) is 5.69 Å². The average molecular weight is 279 g/mol. The van der Waals surface area contributed by atoms with E-state index in [9.17, 15) is 4.39 Å². The lowest BCUT2D eigenvalue weighted by atomic mass is 10.1. The number of nitrogens with zero attached hydrogens (tertiary/aromatic N) is 2. The molecule has 1 unspecified atom stereocenters.